The van der Waals surface area contributed by atoms with E-state index in [-0.39, 0.29) is 5.41 Å². The van der Waals surface area contributed by atoms with E-state index in [2.05, 4.69) is 147 Å². The minimum atomic E-state index is -0.245. The standard InChI is InChI=1S/C44H31N3S/c1-44(2)37-23-22-35(26-41(37)48-42-36(28-45)20-11-21-38(42)44)43-46-39(33-18-9-16-31(24-33)29-12-5-3-6-13-29)27-40(47-43)34-19-10-17-32(25-34)30-14-7-4-8-15-30/h3-27H,1-2H3. The number of rotatable bonds is 5. The first-order valence-corrected chi connectivity index (χ1v) is 16.9. The SMILES string of the molecule is CC1(C)c2ccc(-c3nc(-c4cccc(-c5ccccc5)c4)cc(-c4cccc(-c5ccccc5)c4)n3)cc2Sc2c(C#N)cccc21. The smallest absolute Gasteiger partial charge is 0.160 e. The van der Waals surface area contributed by atoms with Crippen LogP contribution >= 0.6 is 11.8 Å². The van der Waals surface area contributed by atoms with Gasteiger partial charge in [-0.3, -0.25) is 0 Å². The Morgan fingerprint density at radius 2 is 1.04 bits per heavy atom. The first-order chi connectivity index (χ1) is 23.5. The molecule has 6 aromatic carbocycles. The van der Waals surface area contributed by atoms with Gasteiger partial charge in [-0.25, -0.2) is 9.97 Å². The van der Waals surface area contributed by atoms with Crippen molar-refractivity contribution in [3.63, 3.8) is 0 Å². The highest BCUT2D eigenvalue weighted by Crippen LogP contribution is 2.51. The van der Waals surface area contributed by atoms with Crippen LogP contribution in [0.5, 0.6) is 0 Å². The predicted molar refractivity (Wildman–Crippen MR) is 197 cm³/mol. The fourth-order valence-corrected chi connectivity index (χ4v) is 8.09. The van der Waals surface area contributed by atoms with E-state index in [1.807, 2.05) is 24.3 Å². The molecule has 3 nitrogen and oxygen atoms in total. The monoisotopic (exact) mass is 633 g/mol. The summed E-state index contributed by atoms with van der Waals surface area (Å²) in [5.41, 5.74) is 12.2. The molecule has 0 saturated carbocycles. The summed E-state index contributed by atoms with van der Waals surface area (Å²) in [5, 5.41) is 9.92. The lowest BCUT2D eigenvalue weighted by Crippen LogP contribution is -2.24. The maximum atomic E-state index is 9.92. The van der Waals surface area contributed by atoms with E-state index in [0.717, 1.165) is 60.1 Å². The zero-order valence-corrected chi connectivity index (χ0v) is 27.5. The van der Waals surface area contributed by atoms with E-state index < -0.39 is 0 Å². The number of aromatic nitrogens is 2. The van der Waals surface area contributed by atoms with Crippen LogP contribution in [0.3, 0.4) is 0 Å². The summed E-state index contributed by atoms with van der Waals surface area (Å²) in [5.74, 6) is 0.665. The molecule has 0 unspecified atom stereocenters. The molecule has 0 aliphatic carbocycles. The number of nitrogens with zero attached hydrogens (tertiary/aromatic N) is 3. The maximum absolute atomic E-state index is 9.92. The maximum Gasteiger partial charge on any atom is 0.160 e. The van der Waals surface area contributed by atoms with Crippen LogP contribution < -0.4 is 0 Å². The predicted octanol–water partition coefficient (Wildman–Crippen LogP) is 11.5. The van der Waals surface area contributed by atoms with Crippen LogP contribution in [0.25, 0.3) is 56.2 Å². The molecule has 1 aliphatic rings. The van der Waals surface area contributed by atoms with Gasteiger partial charge in [-0.1, -0.05) is 147 Å². The van der Waals surface area contributed by atoms with E-state index in [0.29, 0.717) is 11.4 Å². The third-order valence-corrected chi connectivity index (χ3v) is 10.4. The second-order valence-corrected chi connectivity index (χ2v) is 13.6. The van der Waals surface area contributed by atoms with Gasteiger partial charge in [0.2, 0.25) is 0 Å². The summed E-state index contributed by atoms with van der Waals surface area (Å²) in [4.78, 5) is 12.6. The van der Waals surface area contributed by atoms with Crippen LogP contribution in [0.15, 0.2) is 161 Å². The number of hydrogen-bond acceptors (Lipinski definition) is 4. The number of hydrogen-bond donors (Lipinski definition) is 0. The quantitative estimate of drug-likeness (QED) is 0.189. The Balaban J connectivity index is 1.28. The third-order valence-electron chi connectivity index (χ3n) is 9.19. The Morgan fingerprint density at radius 3 is 1.62 bits per heavy atom. The van der Waals surface area contributed by atoms with Crippen molar-refractivity contribution in [2.75, 3.05) is 0 Å². The normalized spacial score (nSPS) is 12.9. The van der Waals surface area contributed by atoms with Crippen molar-refractivity contribution in [2.24, 2.45) is 0 Å². The van der Waals surface area contributed by atoms with Crippen molar-refractivity contribution in [1.82, 2.24) is 9.97 Å². The summed E-state index contributed by atoms with van der Waals surface area (Å²) in [7, 11) is 0. The third kappa shape index (κ3) is 5.39. The Bertz CT molecular complexity index is 2250. The Kier molecular flexibility index (Phi) is 7.48. The summed E-state index contributed by atoms with van der Waals surface area (Å²) in [6, 6.07) is 55.1. The number of benzene rings is 6. The van der Waals surface area contributed by atoms with Crippen molar-refractivity contribution >= 4 is 11.8 Å². The molecule has 4 heteroatoms. The van der Waals surface area contributed by atoms with E-state index in [9.17, 15) is 5.26 Å². The molecule has 0 radical (unpaired) electrons. The van der Waals surface area contributed by atoms with E-state index in [1.54, 1.807) is 11.8 Å². The average Bonchev–Trinajstić information content (AvgIpc) is 3.15. The van der Waals surface area contributed by atoms with Crippen molar-refractivity contribution in [1.29, 1.82) is 5.26 Å². The fraction of sp³-hybridized carbons (Fsp3) is 0.0682. The first kappa shape index (κ1) is 29.6. The molecule has 7 aromatic rings. The first-order valence-electron chi connectivity index (χ1n) is 16.0. The zero-order valence-electron chi connectivity index (χ0n) is 26.7. The lowest BCUT2D eigenvalue weighted by molar-refractivity contribution is 0.607. The van der Waals surface area contributed by atoms with Crippen LogP contribution in [-0.2, 0) is 5.41 Å². The molecule has 8 rings (SSSR count). The van der Waals surface area contributed by atoms with E-state index in [1.165, 1.54) is 11.1 Å². The lowest BCUT2D eigenvalue weighted by Gasteiger charge is -2.35. The van der Waals surface area contributed by atoms with Crippen LogP contribution in [0.1, 0.15) is 30.5 Å². The largest absolute Gasteiger partial charge is 0.228 e. The van der Waals surface area contributed by atoms with Crippen LogP contribution in [0.2, 0.25) is 0 Å². The highest BCUT2D eigenvalue weighted by Gasteiger charge is 2.34. The molecule has 0 atom stereocenters. The molecule has 0 bridgehead atoms. The van der Waals surface area contributed by atoms with Crippen LogP contribution in [-0.4, -0.2) is 9.97 Å². The number of fused-ring (bicyclic) bond motifs is 2. The zero-order chi connectivity index (χ0) is 32.7. The minimum absolute atomic E-state index is 0.245. The Hall–Kier alpha value is -5.76. The fourth-order valence-electron chi connectivity index (χ4n) is 6.59. The highest BCUT2D eigenvalue weighted by atomic mass is 32.2. The second kappa shape index (κ2) is 12.1. The van der Waals surface area contributed by atoms with Crippen molar-refractivity contribution < 1.29 is 0 Å². The van der Waals surface area contributed by atoms with Gasteiger partial charge in [0.25, 0.3) is 0 Å². The van der Waals surface area contributed by atoms with Gasteiger partial charge in [0.05, 0.1) is 17.0 Å². The molecule has 1 aromatic heterocycles. The van der Waals surface area contributed by atoms with Gasteiger partial charge in [-0.15, -0.1) is 0 Å². The number of nitriles is 1. The molecule has 48 heavy (non-hydrogen) atoms. The molecular formula is C44H31N3S. The molecule has 0 spiro atoms. The summed E-state index contributed by atoms with van der Waals surface area (Å²) >= 11 is 1.67. The molecule has 228 valence electrons. The lowest BCUT2D eigenvalue weighted by atomic mass is 9.77. The average molecular weight is 634 g/mol. The summed E-state index contributed by atoms with van der Waals surface area (Å²) in [6.07, 6.45) is 0. The van der Waals surface area contributed by atoms with E-state index >= 15 is 0 Å². The van der Waals surface area contributed by atoms with Gasteiger partial charge in [0.1, 0.15) is 6.07 Å². The van der Waals surface area contributed by atoms with Crippen molar-refractivity contribution in [3.8, 4) is 62.2 Å². The second-order valence-electron chi connectivity index (χ2n) is 12.6. The van der Waals surface area contributed by atoms with Gasteiger partial charge in [0, 0.05) is 31.9 Å². The van der Waals surface area contributed by atoms with Crippen LogP contribution in [0.4, 0.5) is 0 Å². The Labute approximate surface area is 285 Å². The van der Waals surface area contributed by atoms with Gasteiger partial charge in [-0.05, 0) is 63.7 Å². The van der Waals surface area contributed by atoms with Gasteiger partial charge < -0.3 is 0 Å². The molecule has 0 amide bonds. The van der Waals surface area contributed by atoms with E-state index in [4.69, 9.17) is 9.97 Å². The van der Waals surface area contributed by atoms with Gasteiger partial charge >= 0.3 is 0 Å². The Morgan fingerprint density at radius 1 is 0.500 bits per heavy atom. The van der Waals surface area contributed by atoms with Gasteiger partial charge in [0.15, 0.2) is 5.82 Å². The topological polar surface area (TPSA) is 49.6 Å². The summed E-state index contributed by atoms with van der Waals surface area (Å²) < 4.78 is 0. The van der Waals surface area contributed by atoms with Crippen molar-refractivity contribution in [2.45, 2.75) is 29.1 Å². The van der Waals surface area contributed by atoms with Gasteiger partial charge in [-0.2, -0.15) is 5.26 Å². The molecule has 2 heterocycles. The molecule has 0 fully saturated rings. The summed E-state index contributed by atoms with van der Waals surface area (Å²) in [6.45, 7) is 4.47. The van der Waals surface area contributed by atoms with Crippen molar-refractivity contribution in [3.05, 3.63) is 168 Å². The molecule has 0 saturated heterocycles. The highest BCUT2D eigenvalue weighted by molar-refractivity contribution is 7.99. The molecule has 0 N–H and O–H groups in total. The molecule has 1 aliphatic heterocycles. The molecular weight excluding hydrogens is 603 g/mol. The minimum Gasteiger partial charge on any atom is -0.228 e. The van der Waals surface area contributed by atoms with Crippen LogP contribution in [0, 0.1) is 11.3 Å².